The van der Waals surface area contributed by atoms with Crippen molar-refractivity contribution in [2.45, 2.75) is 315 Å². The van der Waals surface area contributed by atoms with Crippen molar-refractivity contribution in [1.82, 2.24) is 0 Å². The third kappa shape index (κ3) is 57.9. The number of carbonyl (C=O) groups is 2. The van der Waals surface area contributed by atoms with Crippen molar-refractivity contribution in [3.05, 3.63) is 72.9 Å². The fourth-order valence-electron chi connectivity index (χ4n) is 8.93. The number of unbranched alkanes of at least 4 members (excludes halogenated alkanes) is 36. The van der Waals surface area contributed by atoms with E-state index in [1.54, 1.807) is 0 Å². The Kier molecular flexibility index (Phi) is 58.3. The first kappa shape index (κ1) is 67.3. The summed E-state index contributed by atoms with van der Waals surface area (Å²) in [7, 11) is 0. The Balaban J connectivity index is 3.41. The van der Waals surface area contributed by atoms with Crippen LogP contribution in [-0.2, 0) is 19.1 Å². The summed E-state index contributed by atoms with van der Waals surface area (Å²) >= 11 is 0. The van der Waals surface area contributed by atoms with Crippen LogP contribution in [0.5, 0.6) is 0 Å². The van der Waals surface area contributed by atoms with Crippen LogP contribution >= 0.6 is 0 Å². The maximum absolute atomic E-state index is 12.3. The van der Waals surface area contributed by atoms with Crippen molar-refractivity contribution in [1.29, 1.82) is 0 Å². The van der Waals surface area contributed by atoms with Crippen LogP contribution in [-0.4, -0.2) is 36.4 Å². The average molecular weight is 978 g/mol. The fourth-order valence-corrected chi connectivity index (χ4v) is 8.93. The molecule has 0 spiro atoms. The minimum atomic E-state index is -0.782. The SMILES string of the molecule is CC/C=C\C/C=C\C/C=C\C/C=C\CCCCCCCCC(=O)OC(CO)COC(=O)CCCCCCCCCCCCCCCCCCCCCCCCCCC/C=C\C/C=C\CCCCCCC. The van der Waals surface area contributed by atoms with Crippen LogP contribution in [0.15, 0.2) is 72.9 Å². The van der Waals surface area contributed by atoms with E-state index < -0.39 is 6.10 Å². The van der Waals surface area contributed by atoms with E-state index in [0.29, 0.717) is 12.8 Å². The quantitative estimate of drug-likeness (QED) is 0.0373. The van der Waals surface area contributed by atoms with Gasteiger partial charge >= 0.3 is 11.9 Å². The van der Waals surface area contributed by atoms with Gasteiger partial charge in [-0.15, -0.1) is 0 Å². The zero-order chi connectivity index (χ0) is 50.6. The molecule has 0 bridgehead atoms. The standard InChI is InChI=1S/C65H116O5/c1-3-5-7-9-11-13-15-17-19-21-23-24-25-26-27-28-29-30-31-32-33-34-35-36-37-38-39-40-42-43-45-47-49-51-53-55-57-59-64(67)69-62-63(61-66)70-65(68)60-58-56-54-52-50-48-46-44-41-22-20-18-16-14-12-10-8-6-4-2/h6,8,12,14-15,17-18,20-21,23,41,44,63,66H,3-5,7,9-11,13,16,19,22,24-40,42-43,45-62H2,1-2H3/b8-6-,14-12-,17-15-,20-18-,23-21-,44-41-. The summed E-state index contributed by atoms with van der Waals surface area (Å²) in [6.07, 6.45) is 83.4. The number of hydrogen-bond donors (Lipinski definition) is 1. The summed E-state index contributed by atoms with van der Waals surface area (Å²) in [5.41, 5.74) is 0. The van der Waals surface area contributed by atoms with Gasteiger partial charge in [-0.3, -0.25) is 9.59 Å². The minimum Gasteiger partial charge on any atom is -0.462 e. The van der Waals surface area contributed by atoms with Crippen LogP contribution in [0.25, 0.3) is 0 Å². The van der Waals surface area contributed by atoms with Gasteiger partial charge in [0.15, 0.2) is 6.10 Å². The lowest BCUT2D eigenvalue weighted by molar-refractivity contribution is -0.161. The van der Waals surface area contributed by atoms with Gasteiger partial charge in [0.2, 0.25) is 0 Å². The number of hydrogen-bond acceptors (Lipinski definition) is 5. The number of rotatable bonds is 56. The van der Waals surface area contributed by atoms with Gasteiger partial charge in [0.25, 0.3) is 0 Å². The Morgan fingerprint density at radius 2 is 0.614 bits per heavy atom. The number of ether oxygens (including phenoxy) is 2. The van der Waals surface area contributed by atoms with Gasteiger partial charge in [-0.05, 0) is 83.5 Å². The molecule has 0 aliphatic rings. The van der Waals surface area contributed by atoms with Crippen molar-refractivity contribution in [2.24, 2.45) is 0 Å². The number of aliphatic hydroxyl groups excluding tert-OH is 1. The third-order valence-corrected chi connectivity index (χ3v) is 13.5. The highest BCUT2D eigenvalue weighted by atomic mass is 16.6. The van der Waals surface area contributed by atoms with E-state index in [1.165, 1.54) is 205 Å². The van der Waals surface area contributed by atoms with Crippen molar-refractivity contribution < 1.29 is 24.2 Å². The van der Waals surface area contributed by atoms with E-state index in [4.69, 9.17) is 9.47 Å². The lowest BCUT2D eigenvalue weighted by atomic mass is 10.0. The predicted molar refractivity (Wildman–Crippen MR) is 306 cm³/mol. The molecule has 0 amide bonds. The van der Waals surface area contributed by atoms with Gasteiger partial charge in [0.1, 0.15) is 6.61 Å². The Bertz CT molecular complexity index is 1240. The van der Waals surface area contributed by atoms with Gasteiger partial charge in [0.05, 0.1) is 6.61 Å². The average Bonchev–Trinajstić information content (AvgIpc) is 3.36. The molecule has 1 unspecified atom stereocenters. The molecule has 0 heterocycles. The van der Waals surface area contributed by atoms with Crippen LogP contribution in [0.3, 0.4) is 0 Å². The summed E-state index contributed by atoms with van der Waals surface area (Å²) in [5, 5.41) is 9.65. The molecule has 1 N–H and O–H groups in total. The molecule has 0 aromatic heterocycles. The van der Waals surface area contributed by atoms with Crippen molar-refractivity contribution in [2.75, 3.05) is 13.2 Å². The zero-order valence-electron chi connectivity index (χ0n) is 46.5. The van der Waals surface area contributed by atoms with E-state index >= 15 is 0 Å². The first-order valence-corrected chi connectivity index (χ1v) is 30.5. The molecule has 406 valence electrons. The molecule has 0 fully saturated rings. The highest BCUT2D eigenvalue weighted by Crippen LogP contribution is 2.17. The molecule has 0 aromatic carbocycles. The maximum Gasteiger partial charge on any atom is 0.306 e. The number of esters is 2. The zero-order valence-corrected chi connectivity index (χ0v) is 46.5. The van der Waals surface area contributed by atoms with E-state index in [2.05, 4.69) is 86.8 Å². The van der Waals surface area contributed by atoms with Crippen LogP contribution in [0.4, 0.5) is 0 Å². The first-order valence-electron chi connectivity index (χ1n) is 30.5. The van der Waals surface area contributed by atoms with Gasteiger partial charge in [-0.2, -0.15) is 0 Å². The number of allylic oxidation sites excluding steroid dienone is 12. The Hall–Kier alpha value is -2.66. The second-order valence-electron chi connectivity index (χ2n) is 20.4. The summed E-state index contributed by atoms with van der Waals surface area (Å²) in [4.78, 5) is 24.5. The fraction of sp³-hybridized carbons (Fsp3) is 0.785. The van der Waals surface area contributed by atoms with Crippen molar-refractivity contribution in [3.8, 4) is 0 Å². The number of aliphatic hydroxyl groups is 1. The lowest BCUT2D eigenvalue weighted by Gasteiger charge is -2.15. The Labute approximate surface area is 435 Å². The molecule has 1 atom stereocenters. The molecule has 0 aliphatic carbocycles. The summed E-state index contributed by atoms with van der Waals surface area (Å²) in [6.45, 7) is 4.03. The Morgan fingerprint density at radius 3 is 0.929 bits per heavy atom. The summed E-state index contributed by atoms with van der Waals surface area (Å²) in [5.74, 6) is -0.597. The van der Waals surface area contributed by atoms with E-state index in [-0.39, 0.29) is 25.2 Å². The molecule has 5 heteroatoms. The molecule has 0 aliphatic heterocycles. The van der Waals surface area contributed by atoms with Crippen molar-refractivity contribution >= 4 is 11.9 Å². The van der Waals surface area contributed by atoms with Crippen LogP contribution in [0.2, 0.25) is 0 Å². The van der Waals surface area contributed by atoms with E-state index in [1.807, 2.05) is 0 Å². The molecule has 0 radical (unpaired) electrons. The van der Waals surface area contributed by atoms with Crippen LogP contribution in [0, 0.1) is 0 Å². The lowest BCUT2D eigenvalue weighted by Crippen LogP contribution is -2.28. The summed E-state index contributed by atoms with van der Waals surface area (Å²) < 4.78 is 10.7. The Morgan fingerprint density at radius 1 is 0.343 bits per heavy atom. The molecular weight excluding hydrogens is 861 g/mol. The molecular formula is C65H116O5. The minimum absolute atomic E-state index is 0.0712. The third-order valence-electron chi connectivity index (χ3n) is 13.5. The van der Waals surface area contributed by atoms with Gasteiger partial charge < -0.3 is 14.6 Å². The molecule has 70 heavy (non-hydrogen) atoms. The summed E-state index contributed by atoms with van der Waals surface area (Å²) in [6, 6.07) is 0. The predicted octanol–water partition coefficient (Wildman–Crippen LogP) is 20.8. The van der Waals surface area contributed by atoms with E-state index in [0.717, 1.165) is 77.0 Å². The second-order valence-corrected chi connectivity index (χ2v) is 20.4. The highest BCUT2D eigenvalue weighted by molar-refractivity contribution is 5.70. The highest BCUT2D eigenvalue weighted by Gasteiger charge is 2.16. The largest absolute Gasteiger partial charge is 0.462 e. The monoisotopic (exact) mass is 977 g/mol. The van der Waals surface area contributed by atoms with Crippen LogP contribution < -0.4 is 0 Å². The molecule has 0 saturated heterocycles. The molecule has 0 rings (SSSR count). The molecule has 5 nitrogen and oxygen atoms in total. The number of carbonyl (C=O) groups excluding carboxylic acids is 2. The smallest absolute Gasteiger partial charge is 0.306 e. The first-order chi connectivity index (χ1) is 34.6. The molecule has 0 saturated carbocycles. The molecule has 0 aromatic rings. The topological polar surface area (TPSA) is 72.8 Å². The normalized spacial score (nSPS) is 12.7. The van der Waals surface area contributed by atoms with Gasteiger partial charge in [-0.25, -0.2) is 0 Å². The second kappa shape index (κ2) is 60.6. The van der Waals surface area contributed by atoms with Gasteiger partial charge in [0, 0.05) is 12.8 Å². The van der Waals surface area contributed by atoms with E-state index in [9.17, 15) is 14.7 Å². The van der Waals surface area contributed by atoms with Crippen molar-refractivity contribution in [3.63, 3.8) is 0 Å². The van der Waals surface area contributed by atoms with Gasteiger partial charge in [-0.1, -0.05) is 286 Å². The van der Waals surface area contributed by atoms with Crippen LogP contribution in [0.1, 0.15) is 309 Å². The maximum atomic E-state index is 12.3.